The van der Waals surface area contributed by atoms with E-state index in [1.807, 2.05) is 6.92 Å². The second kappa shape index (κ2) is 3.38. The van der Waals surface area contributed by atoms with Crippen LogP contribution in [0.3, 0.4) is 0 Å². The number of aryl methyl sites for hydroxylation is 1. The number of nitrogens with zero attached hydrogens (tertiary/aromatic N) is 1. The molecule has 1 rings (SSSR count). The average Bonchev–Trinajstić information content (AvgIpc) is 2.45. The Morgan fingerprint density at radius 1 is 1.67 bits per heavy atom. The first-order valence-electron chi connectivity index (χ1n) is 3.74. The summed E-state index contributed by atoms with van der Waals surface area (Å²) < 4.78 is 9.32. The van der Waals surface area contributed by atoms with Crippen LogP contribution in [0.2, 0.25) is 0 Å². The van der Waals surface area contributed by atoms with Crippen molar-refractivity contribution in [2.75, 3.05) is 7.11 Å². The maximum atomic E-state index is 11.0. The van der Waals surface area contributed by atoms with E-state index in [4.69, 9.17) is 4.52 Å². The van der Waals surface area contributed by atoms with E-state index in [0.29, 0.717) is 0 Å². The first kappa shape index (κ1) is 8.77. The van der Waals surface area contributed by atoms with Gasteiger partial charge in [0, 0.05) is 5.56 Å². The number of methoxy groups -OCH3 is 1. The molecule has 1 aromatic heterocycles. The van der Waals surface area contributed by atoms with Crippen LogP contribution in [-0.4, -0.2) is 18.2 Å². The van der Waals surface area contributed by atoms with Crippen molar-refractivity contribution in [1.29, 1.82) is 0 Å². The van der Waals surface area contributed by atoms with Crippen molar-refractivity contribution in [3.63, 3.8) is 0 Å². The summed E-state index contributed by atoms with van der Waals surface area (Å²) in [5.41, 5.74) is 1.57. The van der Waals surface area contributed by atoms with Gasteiger partial charge < -0.3 is 9.26 Å². The lowest BCUT2D eigenvalue weighted by Gasteiger charge is -1.93. The van der Waals surface area contributed by atoms with E-state index in [0.717, 1.165) is 17.7 Å². The topological polar surface area (TPSA) is 52.3 Å². The minimum atomic E-state index is -0.473. The molecule has 0 unspecified atom stereocenters. The van der Waals surface area contributed by atoms with Gasteiger partial charge in [-0.2, -0.15) is 0 Å². The van der Waals surface area contributed by atoms with Crippen LogP contribution in [0.15, 0.2) is 4.52 Å². The third kappa shape index (κ3) is 1.32. The summed E-state index contributed by atoms with van der Waals surface area (Å²) in [6.07, 6.45) is 0.756. The van der Waals surface area contributed by atoms with Crippen molar-refractivity contribution in [3.8, 4) is 0 Å². The molecule has 0 fully saturated rings. The largest absolute Gasteiger partial charge is 0.463 e. The van der Waals surface area contributed by atoms with Gasteiger partial charge in [0.05, 0.1) is 12.8 Å². The Balaban J connectivity index is 3.02. The lowest BCUT2D eigenvalue weighted by atomic mass is 10.2. The Labute approximate surface area is 70.5 Å². The van der Waals surface area contributed by atoms with Crippen LogP contribution in [0.1, 0.15) is 28.7 Å². The first-order valence-corrected chi connectivity index (χ1v) is 3.74. The van der Waals surface area contributed by atoms with E-state index in [1.165, 1.54) is 7.11 Å². The first-order chi connectivity index (χ1) is 5.70. The molecule has 66 valence electrons. The number of rotatable bonds is 2. The SMILES string of the molecule is CCc1noc(C(=O)OC)c1C. The number of aromatic nitrogens is 1. The summed E-state index contributed by atoms with van der Waals surface area (Å²) in [6.45, 7) is 3.74. The summed E-state index contributed by atoms with van der Waals surface area (Å²) >= 11 is 0. The molecule has 0 bridgehead atoms. The van der Waals surface area contributed by atoms with Crippen LogP contribution in [0.25, 0.3) is 0 Å². The highest BCUT2D eigenvalue weighted by atomic mass is 16.5. The zero-order chi connectivity index (χ0) is 9.14. The second-order valence-corrected chi connectivity index (χ2v) is 2.43. The van der Waals surface area contributed by atoms with Gasteiger partial charge in [-0.1, -0.05) is 12.1 Å². The fourth-order valence-corrected chi connectivity index (χ4v) is 0.981. The molecule has 4 nitrogen and oxygen atoms in total. The van der Waals surface area contributed by atoms with Crippen LogP contribution < -0.4 is 0 Å². The van der Waals surface area contributed by atoms with Gasteiger partial charge in [0.15, 0.2) is 0 Å². The number of hydrogen-bond donors (Lipinski definition) is 0. The molecule has 0 saturated carbocycles. The fraction of sp³-hybridized carbons (Fsp3) is 0.500. The normalized spacial score (nSPS) is 9.92. The maximum Gasteiger partial charge on any atom is 0.377 e. The van der Waals surface area contributed by atoms with Crippen molar-refractivity contribution < 1.29 is 14.1 Å². The van der Waals surface area contributed by atoms with Crippen LogP contribution in [0.4, 0.5) is 0 Å². The summed E-state index contributed by atoms with van der Waals surface area (Å²) in [4.78, 5) is 11.0. The standard InChI is InChI=1S/C8H11NO3/c1-4-6-5(2)7(12-9-6)8(10)11-3/h4H2,1-3H3. The molecule has 0 amide bonds. The Hall–Kier alpha value is -1.32. The minimum Gasteiger partial charge on any atom is -0.463 e. The van der Waals surface area contributed by atoms with Gasteiger partial charge in [-0.15, -0.1) is 0 Å². The van der Waals surface area contributed by atoms with Gasteiger partial charge in [-0.05, 0) is 13.3 Å². The number of carbonyl (C=O) groups is 1. The molecule has 0 N–H and O–H groups in total. The third-order valence-corrected chi connectivity index (χ3v) is 1.73. The predicted octanol–water partition coefficient (Wildman–Crippen LogP) is 1.33. The number of esters is 1. The molecule has 4 heteroatoms. The molecular formula is C8H11NO3. The van der Waals surface area contributed by atoms with Gasteiger partial charge in [-0.3, -0.25) is 0 Å². The van der Waals surface area contributed by atoms with Crippen molar-refractivity contribution in [2.24, 2.45) is 0 Å². The van der Waals surface area contributed by atoms with Crippen molar-refractivity contribution in [1.82, 2.24) is 5.16 Å². The van der Waals surface area contributed by atoms with Crippen molar-refractivity contribution in [2.45, 2.75) is 20.3 Å². The lowest BCUT2D eigenvalue weighted by Crippen LogP contribution is -2.01. The van der Waals surface area contributed by atoms with Crippen molar-refractivity contribution in [3.05, 3.63) is 17.0 Å². The molecule has 0 aliphatic heterocycles. The molecule has 0 saturated heterocycles. The Morgan fingerprint density at radius 3 is 2.75 bits per heavy atom. The minimum absolute atomic E-state index is 0.203. The molecule has 0 aliphatic carbocycles. The van der Waals surface area contributed by atoms with Gasteiger partial charge in [0.1, 0.15) is 0 Å². The molecule has 1 heterocycles. The van der Waals surface area contributed by atoms with E-state index in [1.54, 1.807) is 6.92 Å². The van der Waals surface area contributed by atoms with Crippen LogP contribution in [0, 0.1) is 6.92 Å². The number of carbonyl (C=O) groups excluding carboxylic acids is 1. The monoisotopic (exact) mass is 169 g/mol. The second-order valence-electron chi connectivity index (χ2n) is 2.43. The van der Waals surface area contributed by atoms with E-state index in [2.05, 4.69) is 9.89 Å². The van der Waals surface area contributed by atoms with Gasteiger partial charge in [0.2, 0.25) is 5.76 Å². The summed E-state index contributed by atoms with van der Waals surface area (Å²) in [7, 11) is 1.32. The zero-order valence-corrected chi connectivity index (χ0v) is 7.38. The van der Waals surface area contributed by atoms with Crippen LogP contribution in [0.5, 0.6) is 0 Å². The van der Waals surface area contributed by atoms with Gasteiger partial charge in [-0.25, -0.2) is 4.79 Å². The highest BCUT2D eigenvalue weighted by Gasteiger charge is 2.17. The third-order valence-electron chi connectivity index (χ3n) is 1.73. The van der Waals surface area contributed by atoms with E-state index in [9.17, 15) is 4.79 Å². The van der Waals surface area contributed by atoms with E-state index < -0.39 is 5.97 Å². The fourth-order valence-electron chi connectivity index (χ4n) is 0.981. The average molecular weight is 169 g/mol. The number of ether oxygens (including phenoxy) is 1. The molecule has 12 heavy (non-hydrogen) atoms. The highest BCUT2D eigenvalue weighted by Crippen LogP contribution is 2.13. The predicted molar refractivity (Wildman–Crippen MR) is 42.0 cm³/mol. The van der Waals surface area contributed by atoms with Gasteiger partial charge >= 0.3 is 5.97 Å². The Bertz CT molecular complexity index is 290. The number of hydrogen-bond acceptors (Lipinski definition) is 4. The van der Waals surface area contributed by atoms with Crippen LogP contribution >= 0.6 is 0 Å². The zero-order valence-electron chi connectivity index (χ0n) is 7.38. The lowest BCUT2D eigenvalue weighted by molar-refractivity contribution is 0.0553. The summed E-state index contributed by atoms with van der Waals surface area (Å²) in [6, 6.07) is 0. The molecular weight excluding hydrogens is 158 g/mol. The van der Waals surface area contributed by atoms with E-state index >= 15 is 0 Å². The molecule has 0 atom stereocenters. The highest BCUT2D eigenvalue weighted by molar-refractivity contribution is 5.87. The molecule has 0 aliphatic rings. The Kier molecular flexibility index (Phi) is 2.47. The molecule has 0 spiro atoms. The summed E-state index contributed by atoms with van der Waals surface area (Å²) in [5.74, 6) is -0.269. The Morgan fingerprint density at radius 2 is 2.33 bits per heavy atom. The maximum absolute atomic E-state index is 11.0. The van der Waals surface area contributed by atoms with Gasteiger partial charge in [0.25, 0.3) is 0 Å². The smallest absolute Gasteiger partial charge is 0.377 e. The van der Waals surface area contributed by atoms with Crippen LogP contribution in [-0.2, 0) is 11.2 Å². The molecule has 0 aromatic carbocycles. The quantitative estimate of drug-likeness (QED) is 0.627. The van der Waals surface area contributed by atoms with Crippen molar-refractivity contribution >= 4 is 5.97 Å². The van der Waals surface area contributed by atoms with E-state index in [-0.39, 0.29) is 5.76 Å². The molecule has 1 aromatic rings. The molecule has 0 radical (unpaired) electrons. The summed E-state index contributed by atoms with van der Waals surface area (Å²) in [5, 5.41) is 3.73.